The van der Waals surface area contributed by atoms with Crippen LogP contribution in [0, 0.1) is 23.7 Å². The lowest BCUT2D eigenvalue weighted by Crippen LogP contribution is -2.43. The lowest BCUT2D eigenvalue weighted by molar-refractivity contribution is 0.121. The van der Waals surface area contributed by atoms with E-state index in [1.807, 2.05) is 0 Å². The number of nitrogens with zero attached hydrogens (tertiary/aromatic N) is 2. The predicted octanol–water partition coefficient (Wildman–Crippen LogP) is 5.08. The second-order valence-corrected chi connectivity index (χ2v) is 8.52. The predicted molar refractivity (Wildman–Crippen MR) is 113 cm³/mol. The van der Waals surface area contributed by atoms with Crippen molar-refractivity contribution in [3.63, 3.8) is 0 Å². The molecular formula is C24H40N2. The summed E-state index contributed by atoms with van der Waals surface area (Å²) in [5.41, 5.74) is 0. The molecule has 0 aliphatic carbocycles. The van der Waals surface area contributed by atoms with Crippen molar-refractivity contribution in [1.29, 1.82) is 0 Å². The standard InChI is InChI=1S/C24H40N2/c1-21-15-13-16-22(2)25(21)19-11-9-7-5-6-8-10-12-20-26-23(3)17-14-18-24(26)4/h21-24H,5-8,13-20H2,1-4H3/t21-,22-,23-,24+/m1/s1. The maximum Gasteiger partial charge on any atom is 0.0606 e. The number of hydrogen-bond acceptors (Lipinski definition) is 2. The third-order valence-corrected chi connectivity index (χ3v) is 6.38. The minimum Gasteiger partial charge on any atom is -0.287 e. The first-order chi connectivity index (χ1) is 12.6. The van der Waals surface area contributed by atoms with E-state index in [9.17, 15) is 0 Å². The van der Waals surface area contributed by atoms with Crippen molar-refractivity contribution in [2.45, 2.75) is 116 Å². The highest BCUT2D eigenvalue weighted by Crippen LogP contribution is 2.22. The van der Waals surface area contributed by atoms with Crippen LogP contribution >= 0.6 is 0 Å². The lowest BCUT2D eigenvalue weighted by atomic mass is 9.98. The minimum atomic E-state index is 0.702. The quantitative estimate of drug-likeness (QED) is 0.501. The molecule has 0 unspecified atom stereocenters. The van der Waals surface area contributed by atoms with Crippen LogP contribution in [-0.4, -0.2) is 47.1 Å². The van der Waals surface area contributed by atoms with Gasteiger partial charge in [-0.25, -0.2) is 0 Å². The molecule has 4 atom stereocenters. The SMILES string of the molecule is C[C@@H]1CCC[C@@H](C)N1CC#CCCCCC#CCN1[C@H](C)CCC[C@@H]1C. The van der Waals surface area contributed by atoms with Gasteiger partial charge in [0.05, 0.1) is 13.1 Å². The van der Waals surface area contributed by atoms with Crippen LogP contribution in [0.1, 0.15) is 91.9 Å². The molecule has 0 spiro atoms. The van der Waals surface area contributed by atoms with Gasteiger partial charge in [-0.15, -0.1) is 11.8 Å². The van der Waals surface area contributed by atoms with Gasteiger partial charge in [-0.3, -0.25) is 9.80 Å². The van der Waals surface area contributed by atoms with E-state index in [4.69, 9.17) is 0 Å². The normalized spacial score (nSPS) is 30.2. The Balaban J connectivity index is 1.55. The first kappa shape index (κ1) is 21.3. The molecule has 2 heterocycles. The zero-order valence-electron chi connectivity index (χ0n) is 17.7. The van der Waals surface area contributed by atoms with Gasteiger partial charge >= 0.3 is 0 Å². The first-order valence-corrected chi connectivity index (χ1v) is 11.0. The molecule has 0 amide bonds. The molecule has 2 saturated heterocycles. The third kappa shape index (κ3) is 6.98. The van der Waals surface area contributed by atoms with Crippen molar-refractivity contribution in [3.8, 4) is 23.7 Å². The molecule has 2 aliphatic rings. The average Bonchev–Trinajstić information content (AvgIpc) is 2.61. The van der Waals surface area contributed by atoms with Gasteiger partial charge in [-0.2, -0.15) is 0 Å². The molecule has 0 aromatic rings. The molecule has 146 valence electrons. The molecule has 0 bridgehead atoms. The van der Waals surface area contributed by atoms with E-state index in [0.717, 1.165) is 25.9 Å². The largest absolute Gasteiger partial charge is 0.287 e. The fourth-order valence-corrected chi connectivity index (χ4v) is 4.47. The number of piperidine rings is 2. The van der Waals surface area contributed by atoms with Crippen molar-refractivity contribution in [2.75, 3.05) is 13.1 Å². The molecule has 0 aromatic heterocycles. The first-order valence-electron chi connectivity index (χ1n) is 11.0. The lowest BCUT2D eigenvalue weighted by Gasteiger charge is -2.37. The molecule has 2 aliphatic heterocycles. The number of rotatable bonds is 5. The van der Waals surface area contributed by atoms with Crippen LogP contribution in [-0.2, 0) is 0 Å². The maximum atomic E-state index is 3.40. The summed E-state index contributed by atoms with van der Waals surface area (Å²) >= 11 is 0. The summed E-state index contributed by atoms with van der Waals surface area (Å²) < 4.78 is 0. The van der Waals surface area contributed by atoms with E-state index in [1.54, 1.807) is 0 Å². The summed E-state index contributed by atoms with van der Waals surface area (Å²) in [4.78, 5) is 5.15. The zero-order chi connectivity index (χ0) is 18.8. The van der Waals surface area contributed by atoms with E-state index in [-0.39, 0.29) is 0 Å². The van der Waals surface area contributed by atoms with E-state index in [1.165, 1.54) is 51.4 Å². The van der Waals surface area contributed by atoms with Gasteiger partial charge in [0.2, 0.25) is 0 Å². The number of hydrogen-bond donors (Lipinski definition) is 0. The molecular weight excluding hydrogens is 316 g/mol. The zero-order valence-corrected chi connectivity index (χ0v) is 17.7. The van der Waals surface area contributed by atoms with Gasteiger partial charge in [-0.1, -0.05) is 24.7 Å². The molecule has 0 radical (unpaired) electrons. The van der Waals surface area contributed by atoms with Gasteiger partial charge in [0, 0.05) is 37.0 Å². The molecule has 26 heavy (non-hydrogen) atoms. The van der Waals surface area contributed by atoms with E-state index < -0.39 is 0 Å². The minimum absolute atomic E-state index is 0.702. The second kappa shape index (κ2) is 11.7. The van der Waals surface area contributed by atoms with Crippen LogP contribution in [0.2, 0.25) is 0 Å². The summed E-state index contributed by atoms with van der Waals surface area (Å²) in [6.45, 7) is 11.3. The Hall–Kier alpha value is -0.960. The Labute approximate surface area is 163 Å². The van der Waals surface area contributed by atoms with Crippen LogP contribution in [0.3, 0.4) is 0 Å². The molecule has 2 nitrogen and oxygen atoms in total. The highest BCUT2D eigenvalue weighted by Gasteiger charge is 2.24. The molecule has 0 aromatic carbocycles. The van der Waals surface area contributed by atoms with Crippen LogP contribution in [0.4, 0.5) is 0 Å². The van der Waals surface area contributed by atoms with Crippen molar-refractivity contribution < 1.29 is 0 Å². The summed E-state index contributed by atoms with van der Waals surface area (Å²) in [5, 5.41) is 0. The summed E-state index contributed by atoms with van der Waals surface area (Å²) in [7, 11) is 0. The van der Waals surface area contributed by atoms with Crippen molar-refractivity contribution in [3.05, 3.63) is 0 Å². The van der Waals surface area contributed by atoms with Gasteiger partial charge in [0.1, 0.15) is 0 Å². The topological polar surface area (TPSA) is 6.48 Å². The van der Waals surface area contributed by atoms with Gasteiger partial charge in [0.15, 0.2) is 0 Å². The summed E-state index contributed by atoms with van der Waals surface area (Å²) in [6, 6.07) is 2.81. The highest BCUT2D eigenvalue weighted by molar-refractivity contribution is 5.04. The monoisotopic (exact) mass is 356 g/mol. The molecule has 0 N–H and O–H groups in total. The molecule has 2 rings (SSSR count). The highest BCUT2D eigenvalue weighted by atomic mass is 15.2. The van der Waals surface area contributed by atoms with Crippen LogP contribution in [0.15, 0.2) is 0 Å². The van der Waals surface area contributed by atoms with Gasteiger partial charge in [-0.05, 0) is 66.2 Å². The summed E-state index contributed by atoms with van der Waals surface area (Å²) in [5.74, 6) is 13.6. The Morgan fingerprint density at radius 1 is 0.577 bits per heavy atom. The Morgan fingerprint density at radius 3 is 1.27 bits per heavy atom. The fourth-order valence-electron chi connectivity index (χ4n) is 4.47. The second-order valence-electron chi connectivity index (χ2n) is 8.52. The van der Waals surface area contributed by atoms with Crippen LogP contribution in [0.25, 0.3) is 0 Å². The average molecular weight is 357 g/mol. The Kier molecular flexibility index (Phi) is 9.60. The smallest absolute Gasteiger partial charge is 0.0606 e. The molecule has 0 saturated carbocycles. The Bertz CT molecular complexity index is 450. The number of unbranched alkanes of at least 4 members (excludes halogenated alkanes) is 3. The summed E-state index contributed by atoms with van der Waals surface area (Å²) in [6.07, 6.45) is 12.5. The third-order valence-electron chi connectivity index (χ3n) is 6.38. The maximum absolute atomic E-state index is 3.40. The van der Waals surface area contributed by atoms with Crippen molar-refractivity contribution >= 4 is 0 Å². The number of likely N-dealkylation sites (tertiary alicyclic amines) is 2. The molecule has 2 heteroatoms. The van der Waals surface area contributed by atoms with Crippen LogP contribution < -0.4 is 0 Å². The van der Waals surface area contributed by atoms with Gasteiger partial charge in [0.25, 0.3) is 0 Å². The molecule has 2 fully saturated rings. The van der Waals surface area contributed by atoms with Crippen molar-refractivity contribution in [2.24, 2.45) is 0 Å². The van der Waals surface area contributed by atoms with E-state index >= 15 is 0 Å². The van der Waals surface area contributed by atoms with E-state index in [0.29, 0.717) is 24.2 Å². The van der Waals surface area contributed by atoms with Gasteiger partial charge < -0.3 is 0 Å². The van der Waals surface area contributed by atoms with Crippen LogP contribution in [0.5, 0.6) is 0 Å². The van der Waals surface area contributed by atoms with Crippen molar-refractivity contribution in [1.82, 2.24) is 9.80 Å². The Morgan fingerprint density at radius 2 is 0.923 bits per heavy atom. The van der Waals surface area contributed by atoms with E-state index in [2.05, 4.69) is 61.2 Å². The fraction of sp³-hybridized carbons (Fsp3) is 0.833.